The van der Waals surface area contributed by atoms with Crippen molar-refractivity contribution in [2.75, 3.05) is 33.5 Å². The Balaban J connectivity index is 0.828. The summed E-state index contributed by atoms with van der Waals surface area (Å²) in [7, 11) is 1.73. The van der Waals surface area contributed by atoms with Gasteiger partial charge in [-0.1, -0.05) is 39.3 Å². The van der Waals surface area contributed by atoms with Crippen molar-refractivity contribution in [3.05, 3.63) is 11.6 Å². The van der Waals surface area contributed by atoms with Crippen LogP contribution in [0.1, 0.15) is 99.3 Å². The number of allylic oxidation sites excluding steroid dienone is 1. The molecule has 31 atom stereocenters. The topological polar surface area (TPSA) is 361 Å². The normalized spacial score (nSPS) is 52.6. The molecule has 0 radical (unpaired) electrons. The van der Waals surface area contributed by atoms with Crippen LogP contribution < -0.4 is 0 Å². The largest absolute Gasteiger partial charge is 0.463 e. The first kappa shape index (κ1) is 60.9. The lowest BCUT2D eigenvalue weighted by Gasteiger charge is -2.58. The second kappa shape index (κ2) is 24.1. The Bertz CT molecular complexity index is 2050. The molecule has 0 aromatic rings. The van der Waals surface area contributed by atoms with E-state index in [0.29, 0.717) is 42.9 Å². The molecule has 3 saturated carbocycles. The molecule has 0 unspecified atom stereocenters. The number of carbonyl (C=O) groups excluding carboxylic acids is 1. The second-order valence-corrected chi connectivity index (χ2v) is 24.6. The Hall–Kier alpha value is -1.67. The number of hydrogen-bond acceptors (Lipinski definition) is 24. The van der Waals surface area contributed by atoms with E-state index in [2.05, 4.69) is 33.8 Å². The predicted molar refractivity (Wildman–Crippen MR) is 265 cm³/mol. The Kier molecular flexibility index (Phi) is 18.8. The highest BCUT2D eigenvalue weighted by Gasteiger charge is 2.68. The first-order valence-electron chi connectivity index (χ1n) is 28.2. The summed E-state index contributed by atoms with van der Waals surface area (Å²) in [6.07, 6.45) is -21.9. The second-order valence-electron chi connectivity index (χ2n) is 24.6. The summed E-state index contributed by atoms with van der Waals surface area (Å²) in [6, 6.07) is 0. The van der Waals surface area contributed by atoms with Gasteiger partial charge >= 0.3 is 5.97 Å². The zero-order valence-corrected chi connectivity index (χ0v) is 45.7. The molecule has 0 spiro atoms. The van der Waals surface area contributed by atoms with E-state index in [1.807, 2.05) is 0 Å². The van der Waals surface area contributed by atoms with Gasteiger partial charge in [-0.3, -0.25) is 4.79 Å². The standard InChI is InChI=1S/C54H88O24/c1-22(20-70-48-42(64)40(62)36(58)24(3)71-48)10-15-54(68-7)23(2)35-31(78-54)17-30-28-9-8-26-16-27(11-13-52(26,5)29(28)12-14-53(30,35)6)72-50-44(66)46(38(60)33(19-56)74-50)77-51-45(67)47(39(61)34(75-51)21-69-25(4)57)76-49-43(65)41(63)37(59)32(18-55)73-49/h8,22-24,27-51,55-56,58-67H,9-21H2,1-7H3/t22-,23+,24+,27-,28-,29+,30-,31+,32-,33-,34-,35+,36+,37-,38-,39-,40-,41+,42-,43-,44-,45-,46+,47+,48-,49+,50-,51+,52+,53+,54-/m1/s1. The first-order valence-corrected chi connectivity index (χ1v) is 28.2. The van der Waals surface area contributed by atoms with E-state index in [1.54, 1.807) is 14.0 Å². The van der Waals surface area contributed by atoms with Crippen molar-refractivity contribution >= 4 is 5.97 Å². The van der Waals surface area contributed by atoms with Crippen molar-refractivity contribution in [1.29, 1.82) is 0 Å². The lowest BCUT2D eigenvalue weighted by Crippen LogP contribution is -2.67. The van der Waals surface area contributed by atoms with Crippen LogP contribution in [0.5, 0.6) is 0 Å². The molecule has 12 N–H and O–H groups in total. The van der Waals surface area contributed by atoms with Crippen molar-refractivity contribution in [1.82, 2.24) is 0 Å². The van der Waals surface area contributed by atoms with Gasteiger partial charge in [0.15, 0.2) is 30.9 Å². The molecule has 0 aromatic heterocycles. The van der Waals surface area contributed by atoms with Gasteiger partial charge in [-0.05, 0) is 98.7 Å². The summed E-state index contributed by atoms with van der Waals surface area (Å²) < 4.78 is 65.7. The zero-order valence-electron chi connectivity index (χ0n) is 45.7. The van der Waals surface area contributed by atoms with Crippen LogP contribution in [0.3, 0.4) is 0 Å². The maximum atomic E-state index is 11.9. The summed E-state index contributed by atoms with van der Waals surface area (Å²) in [6.45, 7) is 10.1. The zero-order chi connectivity index (χ0) is 56.5. The van der Waals surface area contributed by atoms with Crippen LogP contribution in [0.15, 0.2) is 11.6 Å². The molecule has 8 fully saturated rings. The van der Waals surface area contributed by atoms with Crippen molar-refractivity contribution < 1.29 is 118 Å². The smallest absolute Gasteiger partial charge is 0.302 e. The number of fused-ring (bicyclic) bond motifs is 7. The average Bonchev–Trinajstić information content (AvgIpc) is 4.00. The lowest BCUT2D eigenvalue weighted by atomic mass is 9.47. The van der Waals surface area contributed by atoms with E-state index in [9.17, 15) is 66.1 Å². The molecule has 24 heteroatoms. The van der Waals surface area contributed by atoms with Crippen molar-refractivity contribution in [2.24, 2.45) is 46.3 Å². The van der Waals surface area contributed by atoms with Gasteiger partial charge in [-0.2, -0.15) is 0 Å². The summed E-state index contributed by atoms with van der Waals surface area (Å²) in [4.78, 5) is 11.8. The molecule has 0 amide bonds. The number of aliphatic hydroxyl groups is 12. The highest BCUT2D eigenvalue weighted by Crippen LogP contribution is 2.70. The number of ether oxygens (including phenoxy) is 11. The maximum Gasteiger partial charge on any atom is 0.302 e. The molecule has 0 bridgehead atoms. The predicted octanol–water partition coefficient (Wildman–Crippen LogP) is -1.78. The fourth-order valence-electron chi connectivity index (χ4n) is 15.5. The number of rotatable bonds is 17. The number of carbonyl (C=O) groups is 1. The van der Waals surface area contributed by atoms with E-state index >= 15 is 0 Å². The Morgan fingerprint density at radius 1 is 0.705 bits per heavy atom. The van der Waals surface area contributed by atoms with Crippen molar-refractivity contribution in [2.45, 2.75) is 240 Å². The van der Waals surface area contributed by atoms with Gasteiger partial charge in [-0.15, -0.1) is 0 Å². The molecule has 5 aliphatic heterocycles. The van der Waals surface area contributed by atoms with Gasteiger partial charge < -0.3 is 113 Å². The average molecular weight is 1120 g/mol. The molecule has 78 heavy (non-hydrogen) atoms. The monoisotopic (exact) mass is 1120 g/mol. The maximum absolute atomic E-state index is 11.9. The Labute approximate surface area is 454 Å². The molecule has 24 nitrogen and oxygen atoms in total. The van der Waals surface area contributed by atoms with Crippen LogP contribution >= 0.6 is 0 Å². The van der Waals surface area contributed by atoms with Gasteiger partial charge in [0.1, 0.15) is 98.2 Å². The SMILES string of the molecule is CO[C@]1(CC[C@@H](C)CO[C@@H]2O[C@@H](C)[C@H](O)[C@@H](O)[C@H]2O)O[C@H]2C[C@@H]3[C@@H]4CC=C5C[C@H](O[C@@H]6O[C@H](CO)[C@@H](O)[C@H](O[C@@H]7O[C@H](COC(C)=O)[C@@H](O)[C@H](O[C@@H]8O[C@H](CO)[C@@H](O)[C@H](O)[C@H]8O)[C@H]7O)[C@H]6O)CC[C@]5(C)[C@H]4CC[C@]3(C)[C@H]2[C@@H]1C. The molecule has 448 valence electrons. The summed E-state index contributed by atoms with van der Waals surface area (Å²) in [5.74, 6) is 0.240. The highest BCUT2D eigenvalue weighted by atomic mass is 16.8. The fourth-order valence-corrected chi connectivity index (χ4v) is 15.5. The quantitative estimate of drug-likeness (QED) is 0.0566. The highest BCUT2D eigenvalue weighted by molar-refractivity contribution is 5.65. The van der Waals surface area contributed by atoms with Crippen LogP contribution in [0.4, 0.5) is 0 Å². The lowest BCUT2D eigenvalue weighted by molar-refractivity contribution is -0.382. The van der Waals surface area contributed by atoms with E-state index in [0.717, 1.165) is 45.4 Å². The van der Waals surface area contributed by atoms with E-state index in [4.69, 9.17) is 52.1 Å². The van der Waals surface area contributed by atoms with E-state index < -0.39 is 161 Å². The minimum atomic E-state index is -1.98. The minimum Gasteiger partial charge on any atom is -0.463 e. The third-order valence-electron chi connectivity index (χ3n) is 20.1. The molecule has 5 saturated heterocycles. The van der Waals surface area contributed by atoms with E-state index in [1.165, 1.54) is 5.57 Å². The minimum absolute atomic E-state index is 0.0275. The number of esters is 1. The van der Waals surface area contributed by atoms with Crippen LogP contribution in [0.25, 0.3) is 0 Å². The molecular weight excluding hydrogens is 1030 g/mol. The molecule has 9 rings (SSSR count). The third-order valence-corrected chi connectivity index (χ3v) is 20.1. The fraction of sp³-hybridized carbons (Fsp3) is 0.944. The number of hydrogen-bond donors (Lipinski definition) is 12. The number of methoxy groups -OCH3 is 1. The van der Waals surface area contributed by atoms with Crippen LogP contribution in [-0.2, 0) is 56.9 Å². The molecule has 5 heterocycles. The molecular formula is C54H88O24. The molecule has 4 aliphatic carbocycles. The van der Waals surface area contributed by atoms with Crippen LogP contribution in [0.2, 0.25) is 0 Å². The van der Waals surface area contributed by atoms with E-state index in [-0.39, 0.29) is 35.4 Å². The van der Waals surface area contributed by atoms with Crippen LogP contribution in [0, 0.1) is 46.3 Å². The van der Waals surface area contributed by atoms with Crippen molar-refractivity contribution in [3.8, 4) is 0 Å². The Morgan fingerprint density at radius 3 is 1.94 bits per heavy atom. The summed E-state index contributed by atoms with van der Waals surface area (Å²) in [5.41, 5.74) is 1.18. The van der Waals surface area contributed by atoms with Gasteiger partial charge in [0.05, 0.1) is 38.1 Å². The first-order chi connectivity index (χ1) is 36.9. The molecule has 0 aromatic carbocycles. The van der Waals surface area contributed by atoms with Crippen molar-refractivity contribution in [3.63, 3.8) is 0 Å². The van der Waals surface area contributed by atoms with Crippen LogP contribution in [-0.4, -0.2) is 242 Å². The van der Waals surface area contributed by atoms with Gasteiger partial charge in [0, 0.05) is 26.4 Å². The summed E-state index contributed by atoms with van der Waals surface area (Å²) >= 11 is 0. The van der Waals surface area contributed by atoms with Gasteiger partial charge in [0.25, 0.3) is 0 Å². The summed E-state index contributed by atoms with van der Waals surface area (Å²) in [5, 5.41) is 129. The van der Waals surface area contributed by atoms with Gasteiger partial charge in [-0.25, -0.2) is 0 Å². The Morgan fingerprint density at radius 2 is 1.29 bits per heavy atom. The molecule has 9 aliphatic rings. The van der Waals surface area contributed by atoms with Gasteiger partial charge in [0.2, 0.25) is 0 Å². The number of aliphatic hydroxyl groups excluding tert-OH is 12. The third kappa shape index (κ3) is 11.2.